The van der Waals surface area contributed by atoms with E-state index in [0.29, 0.717) is 24.7 Å². The molecule has 3 heterocycles. The highest BCUT2D eigenvalue weighted by Gasteiger charge is 2.21. The third-order valence-corrected chi connectivity index (χ3v) is 4.51. The van der Waals surface area contributed by atoms with Crippen LogP contribution in [0.3, 0.4) is 0 Å². The quantitative estimate of drug-likeness (QED) is 0.761. The SMILES string of the molecule is Cc1noc(CN2CCN(CCC(=O)N3CCNCC3)CC2)n1.Cl.Cl. The van der Waals surface area contributed by atoms with E-state index in [4.69, 9.17) is 4.52 Å². The maximum absolute atomic E-state index is 12.2. The molecule has 25 heavy (non-hydrogen) atoms. The van der Waals surface area contributed by atoms with Crippen LogP contribution in [0.4, 0.5) is 0 Å². The molecule has 1 aromatic heterocycles. The van der Waals surface area contributed by atoms with Gasteiger partial charge in [-0.3, -0.25) is 9.69 Å². The van der Waals surface area contributed by atoms with Crippen LogP contribution < -0.4 is 5.32 Å². The van der Waals surface area contributed by atoms with E-state index in [1.807, 2.05) is 11.8 Å². The van der Waals surface area contributed by atoms with Crippen LogP contribution in [0.1, 0.15) is 18.1 Å². The first kappa shape index (κ1) is 22.1. The molecular formula is C15H28Cl2N6O2. The van der Waals surface area contributed by atoms with E-state index in [1.54, 1.807) is 0 Å². The standard InChI is InChI=1S/C15H26N6O2.2ClH/c1-13-17-14(23-18-13)12-20-10-8-19(9-11-20)5-2-15(22)21-6-3-16-4-7-21;;/h16H,2-12H2,1H3;2*1H. The van der Waals surface area contributed by atoms with Gasteiger partial charge in [0.2, 0.25) is 11.8 Å². The number of carbonyl (C=O) groups excluding carboxylic acids is 1. The van der Waals surface area contributed by atoms with E-state index in [9.17, 15) is 4.79 Å². The lowest BCUT2D eigenvalue weighted by molar-refractivity contribution is -0.132. The molecule has 2 fully saturated rings. The number of halogens is 2. The van der Waals surface area contributed by atoms with Crippen molar-refractivity contribution in [1.82, 2.24) is 30.2 Å². The molecular weight excluding hydrogens is 367 g/mol. The Morgan fingerprint density at radius 1 is 1.08 bits per heavy atom. The maximum atomic E-state index is 12.2. The third-order valence-electron chi connectivity index (χ3n) is 4.51. The number of aryl methyl sites for hydroxylation is 1. The molecule has 2 saturated heterocycles. The van der Waals surface area contributed by atoms with Crippen molar-refractivity contribution >= 4 is 30.7 Å². The number of aromatic nitrogens is 2. The number of hydrogen-bond donors (Lipinski definition) is 1. The minimum Gasteiger partial charge on any atom is -0.340 e. The highest BCUT2D eigenvalue weighted by molar-refractivity contribution is 5.85. The molecule has 0 saturated carbocycles. The summed E-state index contributed by atoms with van der Waals surface area (Å²) in [7, 11) is 0. The molecule has 1 amide bonds. The lowest BCUT2D eigenvalue weighted by Gasteiger charge is -2.34. The van der Waals surface area contributed by atoms with Gasteiger partial charge < -0.3 is 19.6 Å². The Balaban J connectivity index is 0.00000156. The molecule has 0 unspecified atom stereocenters. The Morgan fingerprint density at radius 2 is 1.72 bits per heavy atom. The average Bonchev–Trinajstić information content (AvgIpc) is 2.99. The third kappa shape index (κ3) is 6.71. The Morgan fingerprint density at radius 3 is 2.32 bits per heavy atom. The van der Waals surface area contributed by atoms with Crippen LogP contribution in [0.2, 0.25) is 0 Å². The maximum Gasteiger partial charge on any atom is 0.240 e. The van der Waals surface area contributed by atoms with Crippen molar-refractivity contribution in [2.75, 3.05) is 58.9 Å². The van der Waals surface area contributed by atoms with E-state index in [2.05, 4.69) is 25.3 Å². The molecule has 3 rings (SSSR count). The normalized spacial score (nSPS) is 19.2. The number of amides is 1. The summed E-state index contributed by atoms with van der Waals surface area (Å²) in [6, 6.07) is 0. The highest BCUT2D eigenvalue weighted by atomic mass is 35.5. The Bertz CT molecular complexity index is 516. The molecule has 10 heteroatoms. The molecule has 2 aliphatic heterocycles. The number of carbonyl (C=O) groups is 1. The summed E-state index contributed by atoms with van der Waals surface area (Å²) in [5.41, 5.74) is 0. The molecule has 1 N–H and O–H groups in total. The number of rotatable bonds is 5. The van der Waals surface area contributed by atoms with Crippen molar-refractivity contribution in [2.24, 2.45) is 0 Å². The molecule has 0 aromatic carbocycles. The van der Waals surface area contributed by atoms with Gasteiger partial charge in [0.1, 0.15) is 0 Å². The van der Waals surface area contributed by atoms with Crippen molar-refractivity contribution in [3.63, 3.8) is 0 Å². The lowest BCUT2D eigenvalue weighted by atomic mass is 10.2. The van der Waals surface area contributed by atoms with Gasteiger partial charge in [-0.15, -0.1) is 24.8 Å². The number of hydrogen-bond acceptors (Lipinski definition) is 7. The lowest BCUT2D eigenvalue weighted by Crippen LogP contribution is -2.49. The van der Waals surface area contributed by atoms with E-state index in [-0.39, 0.29) is 30.7 Å². The zero-order valence-corrected chi connectivity index (χ0v) is 16.3. The second-order valence-corrected chi connectivity index (χ2v) is 6.23. The van der Waals surface area contributed by atoms with Gasteiger partial charge in [-0.25, -0.2) is 0 Å². The van der Waals surface area contributed by atoms with Crippen LogP contribution in [0.15, 0.2) is 4.52 Å². The van der Waals surface area contributed by atoms with E-state index < -0.39 is 0 Å². The summed E-state index contributed by atoms with van der Waals surface area (Å²) < 4.78 is 5.17. The van der Waals surface area contributed by atoms with E-state index in [0.717, 1.165) is 58.9 Å². The van der Waals surface area contributed by atoms with Gasteiger partial charge in [0.05, 0.1) is 6.54 Å². The fraction of sp³-hybridized carbons (Fsp3) is 0.800. The smallest absolute Gasteiger partial charge is 0.240 e. The Labute approximate surface area is 161 Å². The fourth-order valence-corrected chi connectivity index (χ4v) is 3.09. The Kier molecular flexibility index (Phi) is 9.66. The first-order valence-electron chi connectivity index (χ1n) is 8.43. The minimum atomic E-state index is 0. The summed E-state index contributed by atoms with van der Waals surface area (Å²) in [4.78, 5) is 23.1. The van der Waals surface area contributed by atoms with Crippen LogP contribution in [0, 0.1) is 6.92 Å². The fourth-order valence-electron chi connectivity index (χ4n) is 3.09. The predicted octanol–water partition coefficient (Wildman–Crippen LogP) is 0.161. The van der Waals surface area contributed by atoms with Gasteiger partial charge in [0.15, 0.2) is 5.82 Å². The second kappa shape index (κ2) is 10.9. The largest absolute Gasteiger partial charge is 0.340 e. The molecule has 1 aromatic rings. The average molecular weight is 395 g/mol. The number of nitrogens with zero attached hydrogens (tertiary/aromatic N) is 5. The van der Waals surface area contributed by atoms with Crippen molar-refractivity contribution in [1.29, 1.82) is 0 Å². The summed E-state index contributed by atoms with van der Waals surface area (Å²) in [6.45, 7) is 10.9. The van der Waals surface area contributed by atoms with Crippen molar-refractivity contribution in [3.05, 3.63) is 11.7 Å². The van der Waals surface area contributed by atoms with Gasteiger partial charge in [-0.2, -0.15) is 4.98 Å². The monoisotopic (exact) mass is 394 g/mol. The van der Waals surface area contributed by atoms with Gasteiger partial charge in [-0.05, 0) is 6.92 Å². The number of piperazine rings is 2. The zero-order valence-electron chi connectivity index (χ0n) is 14.6. The first-order chi connectivity index (χ1) is 11.2. The molecule has 0 spiro atoms. The molecule has 144 valence electrons. The van der Waals surface area contributed by atoms with Crippen molar-refractivity contribution < 1.29 is 9.32 Å². The predicted molar refractivity (Wildman–Crippen MR) is 99.3 cm³/mol. The van der Waals surface area contributed by atoms with Crippen LogP contribution >= 0.6 is 24.8 Å². The molecule has 0 bridgehead atoms. The minimum absolute atomic E-state index is 0. The summed E-state index contributed by atoms with van der Waals surface area (Å²) >= 11 is 0. The molecule has 0 aliphatic carbocycles. The van der Waals surface area contributed by atoms with Gasteiger partial charge in [-0.1, -0.05) is 5.16 Å². The molecule has 2 aliphatic rings. The van der Waals surface area contributed by atoms with Crippen LogP contribution in [0.25, 0.3) is 0 Å². The van der Waals surface area contributed by atoms with Crippen LogP contribution in [-0.2, 0) is 11.3 Å². The van der Waals surface area contributed by atoms with Crippen molar-refractivity contribution in [3.8, 4) is 0 Å². The van der Waals surface area contributed by atoms with Gasteiger partial charge in [0.25, 0.3) is 0 Å². The van der Waals surface area contributed by atoms with Gasteiger partial charge in [0, 0.05) is 65.3 Å². The summed E-state index contributed by atoms with van der Waals surface area (Å²) in [5.74, 6) is 1.66. The summed E-state index contributed by atoms with van der Waals surface area (Å²) in [5, 5.41) is 7.09. The molecule has 0 atom stereocenters. The highest BCUT2D eigenvalue weighted by Crippen LogP contribution is 2.08. The molecule has 8 nitrogen and oxygen atoms in total. The van der Waals surface area contributed by atoms with Crippen LogP contribution in [0.5, 0.6) is 0 Å². The molecule has 0 radical (unpaired) electrons. The summed E-state index contributed by atoms with van der Waals surface area (Å²) in [6.07, 6.45) is 0.628. The van der Waals surface area contributed by atoms with Crippen molar-refractivity contribution in [2.45, 2.75) is 19.9 Å². The Hall–Kier alpha value is -0.930. The zero-order chi connectivity index (χ0) is 16.1. The van der Waals surface area contributed by atoms with E-state index in [1.165, 1.54) is 0 Å². The van der Waals surface area contributed by atoms with Crippen LogP contribution in [-0.4, -0.2) is 89.7 Å². The second-order valence-electron chi connectivity index (χ2n) is 6.23. The first-order valence-corrected chi connectivity index (χ1v) is 8.43. The number of nitrogens with one attached hydrogen (secondary N) is 1. The topological polar surface area (TPSA) is 77.7 Å². The van der Waals surface area contributed by atoms with Gasteiger partial charge >= 0.3 is 0 Å². The van der Waals surface area contributed by atoms with E-state index >= 15 is 0 Å².